The van der Waals surface area contributed by atoms with Crippen LogP contribution in [0.1, 0.15) is 18.4 Å². The molecule has 4 rings (SSSR count). The van der Waals surface area contributed by atoms with Crippen molar-refractivity contribution in [3.05, 3.63) is 72.4 Å². The van der Waals surface area contributed by atoms with E-state index in [2.05, 4.69) is 46.1 Å². The van der Waals surface area contributed by atoms with Gasteiger partial charge in [-0.3, -0.25) is 9.78 Å². The van der Waals surface area contributed by atoms with Gasteiger partial charge in [0.1, 0.15) is 0 Å². The van der Waals surface area contributed by atoms with E-state index in [9.17, 15) is 4.79 Å². The fourth-order valence-corrected chi connectivity index (χ4v) is 4.03. The lowest BCUT2D eigenvalue weighted by Gasteiger charge is -2.30. The van der Waals surface area contributed by atoms with Crippen LogP contribution in [0, 0.1) is 0 Å². The Morgan fingerprint density at radius 3 is 2.78 bits per heavy atom. The summed E-state index contributed by atoms with van der Waals surface area (Å²) in [6.07, 6.45) is 4.35. The van der Waals surface area contributed by atoms with Crippen molar-refractivity contribution in [1.82, 2.24) is 9.88 Å². The van der Waals surface area contributed by atoms with E-state index in [0.29, 0.717) is 6.42 Å². The Morgan fingerprint density at radius 1 is 1.11 bits per heavy atom. The molecule has 1 amide bonds. The van der Waals surface area contributed by atoms with E-state index >= 15 is 0 Å². The quantitative estimate of drug-likeness (QED) is 0.693. The molecule has 1 aromatic heterocycles. The summed E-state index contributed by atoms with van der Waals surface area (Å²) >= 11 is 0. The minimum Gasteiger partial charge on any atom is -0.373 e. The van der Waals surface area contributed by atoms with Crippen LogP contribution in [0.5, 0.6) is 0 Å². The number of rotatable bonds is 5. The summed E-state index contributed by atoms with van der Waals surface area (Å²) in [4.78, 5) is 21.9. The maximum Gasteiger partial charge on any atom is 0.227 e. The van der Waals surface area contributed by atoms with Crippen molar-refractivity contribution >= 4 is 22.5 Å². The average molecular weight is 359 g/mol. The van der Waals surface area contributed by atoms with Crippen LogP contribution < -0.4 is 4.90 Å². The van der Waals surface area contributed by atoms with E-state index < -0.39 is 0 Å². The highest BCUT2D eigenvalue weighted by molar-refractivity contribution is 5.87. The number of benzene rings is 2. The fourth-order valence-electron chi connectivity index (χ4n) is 4.03. The molecule has 27 heavy (non-hydrogen) atoms. The van der Waals surface area contributed by atoms with Crippen molar-refractivity contribution in [2.45, 2.75) is 25.3 Å². The molecule has 4 nitrogen and oxygen atoms in total. The maximum absolute atomic E-state index is 13.1. The molecule has 138 valence electrons. The van der Waals surface area contributed by atoms with Gasteiger partial charge in [-0.15, -0.1) is 0 Å². The molecule has 1 atom stereocenters. The van der Waals surface area contributed by atoms with Gasteiger partial charge in [-0.2, -0.15) is 0 Å². The molecule has 3 aromatic rings. The Morgan fingerprint density at radius 2 is 1.93 bits per heavy atom. The van der Waals surface area contributed by atoms with Gasteiger partial charge in [0.2, 0.25) is 5.91 Å². The number of anilines is 1. The monoisotopic (exact) mass is 359 g/mol. The van der Waals surface area contributed by atoms with Gasteiger partial charge in [0.25, 0.3) is 0 Å². The van der Waals surface area contributed by atoms with Crippen molar-refractivity contribution in [2.24, 2.45) is 0 Å². The summed E-state index contributed by atoms with van der Waals surface area (Å²) in [6.45, 7) is 1.72. The smallest absolute Gasteiger partial charge is 0.227 e. The van der Waals surface area contributed by atoms with Crippen molar-refractivity contribution in [3.63, 3.8) is 0 Å². The molecule has 0 aliphatic carbocycles. The number of nitrogens with zero attached hydrogens (tertiary/aromatic N) is 3. The minimum atomic E-state index is 0.206. The van der Waals surface area contributed by atoms with Crippen LogP contribution in [-0.2, 0) is 11.2 Å². The van der Waals surface area contributed by atoms with Crippen LogP contribution in [-0.4, -0.2) is 42.0 Å². The molecule has 1 fully saturated rings. The zero-order valence-electron chi connectivity index (χ0n) is 15.7. The Bertz CT molecular complexity index is 920. The number of fused-ring (bicyclic) bond motifs is 1. The third-order valence-corrected chi connectivity index (χ3v) is 5.44. The number of carbonyl (C=O) groups excluding carboxylic acids is 1. The molecular formula is C23H25N3O. The number of para-hydroxylation sites is 2. The predicted molar refractivity (Wildman–Crippen MR) is 110 cm³/mol. The summed E-state index contributed by atoms with van der Waals surface area (Å²) in [5, 5.41) is 1.09. The lowest BCUT2D eigenvalue weighted by molar-refractivity contribution is -0.131. The molecule has 2 heterocycles. The van der Waals surface area contributed by atoms with Gasteiger partial charge in [0.15, 0.2) is 0 Å². The third-order valence-electron chi connectivity index (χ3n) is 5.44. The first-order valence-corrected chi connectivity index (χ1v) is 9.60. The summed E-state index contributed by atoms with van der Waals surface area (Å²) in [7, 11) is 2.10. The number of carbonyl (C=O) groups is 1. The highest BCUT2D eigenvalue weighted by atomic mass is 16.2. The second-order valence-corrected chi connectivity index (χ2v) is 7.27. The van der Waals surface area contributed by atoms with E-state index in [1.165, 1.54) is 5.69 Å². The third kappa shape index (κ3) is 3.80. The van der Waals surface area contributed by atoms with Crippen molar-refractivity contribution in [1.29, 1.82) is 0 Å². The molecule has 1 saturated heterocycles. The van der Waals surface area contributed by atoms with Crippen molar-refractivity contribution in [2.75, 3.05) is 25.0 Å². The van der Waals surface area contributed by atoms with E-state index in [1.54, 1.807) is 6.20 Å². The molecule has 1 aliphatic heterocycles. The standard InChI is InChI=1S/C23H25N3O/c1-25(20-11-3-2-4-12-20)17-21-13-7-15-26(21)22(27)16-19-9-5-8-18-10-6-14-24-23(18)19/h2-6,8-12,14,21H,7,13,15-17H2,1H3. The lowest BCUT2D eigenvalue weighted by atomic mass is 10.1. The summed E-state index contributed by atoms with van der Waals surface area (Å²) in [6, 6.07) is 20.7. The zero-order chi connectivity index (χ0) is 18.6. The molecule has 0 radical (unpaired) electrons. The Kier molecular flexibility index (Phi) is 5.05. The number of hydrogen-bond donors (Lipinski definition) is 0. The Hall–Kier alpha value is -2.88. The SMILES string of the molecule is CN(CC1CCCN1C(=O)Cc1cccc2cccnc12)c1ccccc1. The molecule has 4 heteroatoms. The number of likely N-dealkylation sites (tertiary alicyclic amines) is 1. The van der Waals surface area contributed by atoms with E-state index in [-0.39, 0.29) is 11.9 Å². The lowest BCUT2D eigenvalue weighted by Crippen LogP contribution is -2.43. The molecule has 0 spiro atoms. The maximum atomic E-state index is 13.1. The van der Waals surface area contributed by atoms with Gasteiger partial charge in [-0.25, -0.2) is 0 Å². The molecule has 0 saturated carbocycles. The van der Waals surface area contributed by atoms with Crippen LogP contribution in [0.3, 0.4) is 0 Å². The highest BCUT2D eigenvalue weighted by Gasteiger charge is 2.29. The van der Waals surface area contributed by atoms with E-state index in [1.807, 2.05) is 36.4 Å². The number of aromatic nitrogens is 1. The van der Waals surface area contributed by atoms with Gasteiger partial charge < -0.3 is 9.80 Å². The summed E-state index contributed by atoms with van der Waals surface area (Å²) in [5.74, 6) is 0.206. The van der Waals surface area contributed by atoms with Crippen molar-refractivity contribution in [3.8, 4) is 0 Å². The first-order valence-electron chi connectivity index (χ1n) is 9.60. The predicted octanol–water partition coefficient (Wildman–Crippen LogP) is 3.90. The summed E-state index contributed by atoms with van der Waals surface area (Å²) < 4.78 is 0. The van der Waals surface area contributed by atoms with E-state index in [4.69, 9.17) is 0 Å². The van der Waals surface area contributed by atoms with Gasteiger partial charge in [-0.05, 0) is 36.6 Å². The van der Waals surface area contributed by atoms with Gasteiger partial charge in [-0.1, -0.05) is 42.5 Å². The van der Waals surface area contributed by atoms with Gasteiger partial charge in [0, 0.05) is 43.4 Å². The number of likely N-dealkylation sites (N-methyl/N-ethyl adjacent to an activating group) is 1. The van der Waals surface area contributed by atoms with Crippen LogP contribution in [0.15, 0.2) is 66.9 Å². The molecule has 0 N–H and O–H groups in total. The molecule has 2 aromatic carbocycles. The highest BCUT2D eigenvalue weighted by Crippen LogP contribution is 2.23. The van der Waals surface area contributed by atoms with Gasteiger partial charge in [0.05, 0.1) is 11.9 Å². The normalized spacial score (nSPS) is 16.6. The van der Waals surface area contributed by atoms with Crippen LogP contribution in [0.4, 0.5) is 5.69 Å². The van der Waals surface area contributed by atoms with Crippen molar-refractivity contribution < 1.29 is 4.79 Å². The molecular weight excluding hydrogens is 334 g/mol. The topological polar surface area (TPSA) is 36.4 Å². The number of pyridine rings is 1. The fraction of sp³-hybridized carbons (Fsp3) is 0.304. The van der Waals surface area contributed by atoms with Crippen LogP contribution in [0.25, 0.3) is 10.9 Å². The second-order valence-electron chi connectivity index (χ2n) is 7.27. The Labute approximate surface area is 160 Å². The molecule has 0 bridgehead atoms. The van der Waals surface area contributed by atoms with Crippen LogP contribution >= 0.6 is 0 Å². The minimum absolute atomic E-state index is 0.206. The zero-order valence-corrected chi connectivity index (χ0v) is 15.7. The first-order chi connectivity index (χ1) is 13.2. The first kappa shape index (κ1) is 17.5. The summed E-state index contributed by atoms with van der Waals surface area (Å²) in [5.41, 5.74) is 3.14. The number of hydrogen-bond acceptors (Lipinski definition) is 3. The largest absolute Gasteiger partial charge is 0.373 e. The van der Waals surface area contributed by atoms with E-state index in [0.717, 1.165) is 42.4 Å². The number of amides is 1. The average Bonchev–Trinajstić information content (AvgIpc) is 3.17. The molecule has 1 unspecified atom stereocenters. The van der Waals surface area contributed by atoms with Gasteiger partial charge >= 0.3 is 0 Å². The second kappa shape index (κ2) is 7.78. The molecule has 1 aliphatic rings. The van der Waals surface area contributed by atoms with Crippen LogP contribution in [0.2, 0.25) is 0 Å². The Balaban J connectivity index is 1.47.